The zero-order chi connectivity index (χ0) is 19.8. The van der Waals surface area contributed by atoms with Gasteiger partial charge in [0.1, 0.15) is 17.9 Å². The highest BCUT2D eigenvalue weighted by Crippen LogP contribution is 2.39. The van der Waals surface area contributed by atoms with Gasteiger partial charge >= 0.3 is 0 Å². The molecule has 0 aliphatic carbocycles. The molecule has 0 bridgehead atoms. The Morgan fingerprint density at radius 1 is 1.36 bits per heavy atom. The minimum absolute atomic E-state index is 0.0517. The molecule has 0 spiro atoms. The molecule has 148 valence electrons. The van der Waals surface area contributed by atoms with Crippen LogP contribution in [0.3, 0.4) is 0 Å². The van der Waals surface area contributed by atoms with Gasteiger partial charge in [0.25, 0.3) is 5.91 Å². The molecule has 4 rings (SSSR count). The summed E-state index contributed by atoms with van der Waals surface area (Å²) < 4.78 is 21.3. The lowest BCUT2D eigenvalue weighted by Crippen LogP contribution is -2.45. The number of aromatic nitrogens is 3. The first-order chi connectivity index (χ1) is 13.5. The fourth-order valence-corrected chi connectivity index (χ4v) is 4.30. The van der Waals surface area contributed by atoms with Crippen molar-refractivity contribution in [3.05, 3.63) is 35.9 Å². The molecule has 1 aromatic heterocycles. The van der Waals surface area contributed by atoms with Crippen molar-refractivity contribution in [2.45, 2.75) is 32.7 Å². The number of amides is 1. The van der Waals surface area contributed by atoms with Gasteiger partial charge in [0.2, 0.25) is 5.95 Å². The molecule has 1 amide bonds. The molecule has 0 radical (unpaired) electrons. The first-order valence-corrected chi connectivity index (χ1v) is 9.57. The summed E-state index contributed by atoms with van der Waals surface area (Å²) in [6.45, 7) is 5.31. The summed E-state index contributed by atoms with van der Waals surface area (Å²) in [7, 11) is 1.50. The summed E-state index contributed by atoms with van der Waals surface area (Å²) >= 11 is 0. The van der Waals surface area contributed by atoms with E-state index in [1.165, 1.54) is 31.6 Å². The molecular formula is C20H24FN5O2. The zero-order valence-corrected chi connectivity index (χ0v) is 16.3. The molecule has 3 atom stereocenters. The van der Waals surface area contributed by atoms with Crippen LogP contribution in [0.1, 0.15) is 43.1 Å². The molecule has 1 aromatic carbocycles. The maximum atomic E-state index is 14.3. The molecule has 28 heavy (non-hydrogen) atoms. The topological polar surface area (TPSA) is 72.6 Å². The van der Waals surface area contributed by atoms with E-state index < -0.39 is 5.82 Å². The molecule has 2 aliphatic rings. The van der Waals surface area contributed by atoms with Crippen LogP contribution in [0.4, 0.5) is 10.3 Å². The number of carbonyl (C=O) groups excluding carboxylic acids is 1. The molecule has 2 aromatic rings. The van der Waals surface area contributed by atoms with Crippen LogP contribution in [0.15, 0.2) is 29.5 Å². The molecule has 1 fully saturated rings. The van der Waals surface area contributed by atoms with E-state index in [2.05, 4.69) is 22.0 Å². The number of nitrogens with zero attached hydrogens (tertiary/aromatic N) is 5. The number of benzene rings is 1. The van der Waals surface area contributed by atoms with Gasteiger partial charge in [0, 0.05) is 24.7 Å². The van der Waals surface area contributed by atoms with E-state index in [9.17, 15) is 9.18 Å². The van der Waals surface area contributed by atoms with Crippen LogP contribution in [0.25, 0.3) is 0 Å². The second-order valence-corrected chi connectivity index (χ2v) is 7.54. The zero-order valence-electron chi connectivity index (χ0n) is 16.3. The fraction of sp³-hybridized carbons (Fsp3) is 0.500. The molecule has 0 N–H and O–H groups in total. The Morgan fingerprint density at radius 3 is 2.96 bits per heavy atom. The summed E-state index contributed by atoms with van der Waals surface area (Å²) in [6.07, 6.45) is 3.37. The summed E-state index contributed by atoms with van der Waals surface area (Å²) in [6, 6.07) is 4.35. The normalized spacial score (nSPS) is 24.5. The maximum Gasteiger partial charge on any atom is 0.256 e. The number of halogens is 1. The second kappa shape index (κ2) is 7.33. The predicted octanol–water partition coefficient (Wildman–Crippen LogP) is 3.26. The van der Waals surface area contributed by atoms with Crippen molar-refractivity contribution in [3.63, 3.8) is 0 Å². The summed E-state index contributed by atoms with van der Waals surface area (Å²) in [5.74, 6) is 0.658. The van der Waals surface area contributed by atoms with Crippen LogP contribution in [0, 0.1) is 17.7 Å². The number of hydrogen-bond acceptors (Lipinski definition) is 5. The first-order valence-electron chi connectivity index (χ1n) is 9.57. The van der Waals surface area contributed by atoms with Crippen LogP contribution in [0.2, 0.25) is 0 Å². The standard InChI is InChI=1S/C20H24FN5O2/c1-12-13(2)24-20-22-11-23-26(20)18(12)14-5-4-8-25(10-14)19(27)16-9-15(28-3)6-7-17(16)21/h6-7,9,11-12,14,18H,4-5,8,10H2,1-3H3. The van der Waals surface area contributed by atoms with Crippen LogP contribution in [0.5, 0.6) is 5.75 Å². The van der Waals surface area contributed by atoms with Gasteiger partial charge in [-0.15, -0.1) is 0 Å². The summed E-state index contributed by atoms with van der Waals surface area (Å²) in [5, 5.41) is 4.38. The summed E-state index contributed by atoms with van der Waals surface area (Å²) in [5.41, 5.74) is 1.07. The highest BCUT2D eigenvalue weighted by atomic mass is 19.1. The highest BCUT2D eigenvalue weighted by molar-refractivity contribution is 5.95. The van der Waals surface area contributed by atoms with Gasteiger partial charge < -0.3 is 9.64 Å². The third-order valence-electron chi connectivity index (χ3n) is 5.92. The molecular weight excluding hydrogens is 361 g/mol. The van der Waals surface area contributed by atoms with E-state index in [0.29, 0.717) is 24.8 Å². The summed E-state index contributed by atoms with van der Waals surface area (Å²) in [4.78, 5) is 23.5. The minimum atomic E-state index is -0.527. The van der Waals surface area contributed by atoms with E-state index in [1.54, 1.807) is 4.90 Å². The van der Waals surface area contributed by atoms with Crippen molar-refractivity contribution in [3.8, 4) is 5.75 Å². The van der Waals surface area contributed by atoms with Crippen molar-refractivity contribution in [1.82, 2.24) is 19.7 Å². The Bertz CT molecular complexity index is 925. The Hall–Kier alpha value is -2.77. The van der Waals surface area contributed by atoms with Gasteiger partial charge in [-0.3, -0.25) is 4.79 Å². The van der Waals surface area contributed by atoms with Crippen LogP contribution >= 0.6 is 0 Å². The van der Waals surface area contributed by atoms with Crippen LogP contribution in [-0.4, -0.2) is 51.5 Å². The molecule has 3 unspecified atom stereocenters. The maximum absolute atomic E-state index is 14.3. The van der Waals surface area contributed by atoms with Crippen molar-refractivity contribution in [2.75, 3.05) is 20.2 Å². The van der Waals surface area contributed by atoms with Crippen molar-refractivity contribution >= 4 is 17.6 Å². The Morgan fingerprint density at radius 2 is 2.18 bits per heavy atom. The Kier molecular flexibility index (Phi) is 4.87. The smallest absolute Gasteiger partial charge is 0.256 e. The van der Waals surface area contributed by atoms with E-state index >= 15 is 0 Å². The number of ether oxygens (including phenoxy) is 1. The monoisotopic (exact) mass is 385 g/mol. The molecule has 1 saturated heterocycles. The van der Waals surface area contributed by atoms with E-state index in [1.807, 2.05) is 11.6 Å². The average molecular weight is 385 g/mol. The quantitative estimate of drug-likeness (QED) is 0.813. The Labute approximate surface area is 163 Å². The lowest BCUT2D eigenvalue weighted by molar-refractivity contribution is 0.0602. The van der Waals surface area contributed by atoms with E-state index in [4.69, 9.17) is 4.74 Å². The number of piperidine rings is 1. The van der Waals surface area contributed by atoms with Crippen LogP contribution in [-0.2, 0) is 0 Å². The number of rotatable bonds is 3. The molecule has 7 nitrogen and oxygen atoms in total. The molecule has 0 saturated carbocycles. The number of aliphatic imine (C=N–C) groups is 1. The Balaban J connectivity index is 1.59. The lowest BCUT2D eigenvalue weighted by Gasteiger charge is -2.40. The molecule has 8 heteroatoms. The average Bonchev–Trinajstić information content (AvgIpc) is 3.16. The largest absolute Gasteiger partial charge is 0.497 e. The third kappa shape index (κ3) is 3.16. The van der Waals surface area contributed by atoms with E-state index in [0.717, 1.165) is 18.6 Å². The molecule has 3 heterocycles. The van der Waals surface area contributed by atoms with Gasteiger partial charge in [0.05, 0.1) is 18.7 Å². The number of fused-ring (bicyclic) bond motifs is 1. The SMILES string of the molecule is COc1ccc(F)c(C(=O)N2CCCC(C3C(C)C(C)=Nc4ncnn43)C2)c1. The number of likely N-dealkylation sites (tertiary alicyclic amines) is 1. The van der Waals surface area contributed by atoms with Gasteiger partial charge in [0.15, 0.2) is 0 Å². The van der Waals surface area contributed by atoms with Gasteiger partial charge in [-0.05, 0) is 43.9 Å². The highest BCUT2D eigenvalue weighted by Gasteiger charge is 2.38. The van der Waals surface area contributed by atoms with Gasteiger partial charge in [-0.2, -0.15) is 10.1 Å². The van der Waals surface area contributed by atoms with Crippen molar-refractivity contribution in [2.24, 2.45) is 16.8 Å². The van der Waals surface area contributed by atoms with Crippen LogP contribution < -0.4 is 4.74 Å². The molecule has 2 aliphatic heterocycles. The predicted molar refractivity (Wildman–Crippen MR) is 103 cm³/mol. The number of methoxy groups -OCH3 is 1. The number of hydrogen-bond donors (Lipinski definition) is 0. The van der Waals surface area contributed by atoms with Crippen molar-refractivity contribution < 1.29 is 13.9 Å². The fourth-order valence-electron chi connectivity index (χ4n) is 4.30. The number of carbonyl (C=O) groups is 1. The third-order valence-corrected chi connectivity index (χ3v) is 5.92. The van der Waals surface area contributed by atoms with E-state index in [-0.39, 0.29) is 29.3 Å². The van der Waals surface area contributed by atoms with Gasteiger partial charge in [-0.25, -0.2) is 14.1 Å². The lowest BCUT2D eigenvalue weighted by atomic mass is 9.81. The second-order valence-electron chi connectivity index (χ2n) is 7.54. The first kappa shape index (κ1) is 18.6. The minimum Gasteiger partial charge on any atom is -0.497 e. The van der Waals surface area contributed by atoms with Gasteiger partial charge in [-0.1, -0.05) is 6.92 Å². The van der Waals surface area contributed by atoms with Crippen molar-refractivity contribution in [1.29, 1.82) is 0 Å².